The average molecular weight is 369 g/mol. The van der Waals surface area contributed by atoms with E-state index in [0.717, 1.165) is 28.8 Å². The van der Waals surface area contributed by atoms with Crippen LogP contribution in [0.4, 0.5) is 0 Å². The summed E-state index contributed by atoms with van der Waals surface area (Å²) in [7, 11) is 2.13. The van der Waals surface area contributed by atoms with Crippen molar-refractivity contribution in [3.63, 3.8) is 0 Å². The van der Waals surface area contributed by atoms with E-state index in [-0.39, 0.29) is 17.7 Å². The molecular weight excluding hydrogens is 344 g/mol. The van der Waals surface area contributed by atoms with Gasteiger partial charge in [-0.05, 0) is 44.4 Å². The molecule has 136 valence electrons. The van der Waals surface area contributed by atoms with Crippen molar-refractivity contribution in [1.82, 2.24) is 4.90 Å². The topological polar surface area (TPSA) is 63.4 Å². The maximum absolute atomic E-state index is 12.6. The van der Waals surface area contributed by atoms with Gasteiger partial charge < -0.3 is 5.73 Å². The number of hydrogen-bond acceptors (Lipinski definition) is 4. The van der Waals surface area contributed by atoms with Crippen LogP contribution in [0.2, 0.25) is 0 Å². The van der Waals surface area contributed by atoms with Gasteiger partial charge in [0.15, 0.2) is 0 Å². The van der Waals surface area contributed by atoms with E-state index in [1.54, 1.807) is 11.3 Å². The number of likely N-dealkylation sites (N-methyl/N-ethyl adjacent to an activating group) is 1. The highest BCUT2D eigenvalue weighted by Crippen LogP contribution is 2.48. The lowest BCUT2D eigenvalue weighted by atomic mass is 9.94. The fourth-order valence-electron chi connectivity index (χ4n) is 4.44. The zero-order valence-electron chi connectivity index (χ0n) is 15.2. The molecular formula is C21H24N2O2S. The van der Waals surface area contributed by atoms with Crippen LogP contribution in [0.1, 0.15) is 55.7 Å². The van der Waals surface area contributed by atoms with Crippen molar-refractivity contribution in [1.29, 1.82) is 0 Å². The molecule has 1 aromatic carbocycles. The maximum Gasteiger partial charge on any atom is 0.250 e. The van der Waals surface area contributed by atoms with E-state index in [1.807, 2.05) is 31.2 Å². The molecule has 2 aromatic rings. The number of thiophene rings is 1. The van der Waals surface area contributed by atoms with Crippen LogP contribution in [0.15, 0.2) is 24.3 Å². The summed E-state index contributed by atoms with van der Waals surface area (Å²) in [5.74, 6) is -0.257. The number of amides is 1. The normalized spacial score (nSPS) is 21.6. The Morgan fingerprint density at radius 1 is 1.19 bits per heavy atom. The molecule has 2 aliphatic rings. The summed E-state index contributed by atoms with van der Waals surface area (Å²) < 4.78 is 0. The Morgan fingerprint density at radius 2 is 1.92 bits per heavy atom. The molecule has 4 rings (SSSR count). The summed E-state index contributed by atoms with van der Waals surface area (Å²) in [6.07, 6.45) is 3.90. The van der Waals surface area contributed by atoms with Crippen molar-refractivity contribution in [2.45, 2.75) is 51.1 Å². The molecule has 0 spiro atoms. The molecule has 3 heterocycles. The van der Waals surface area contributed by atoms with E-state index in [4.69, 9.17) is 5.73 Å². The van der Waals surface area contributed by atoms with E-state index < -0.39 is 0 Å². The molecule has 2 bridgehead atoms. The summed E-state index contributed by atoms with van der Waals surface area (Å²) in [5.41, 5.74) is 9.67. The van der Waals surface area contributed by atoms with Crippen LogP contribution in [0.25, 0.3) is 0 Å². The number of aryl methyl sites for hydroxylation is 1. The fraction of sp³-hybridized carbons (Fsp3) is 0.429. The number of primary amides is 1. The highest BCUT2D eigenvalue weighted by Gasteiger charge is 2.41. The average Bonchev–Trinajstić information content (AvgIpc) is 3.05. The van der Waals surface area contributed by atoms with Gasteiger partial charge in [0.2, 0.25) is 5.91 Å². The van der Waals surface area contributed by atoms with Crippen LogP contribution in [0, 0.1) is 6.92 Å². The highest BCUT2D eigenvalue weighted by atomic mass is 32.1. The summed E-state index contributed by atoms with van der Waals surface area (Å²) in [6.45, 7) is 2.03. The molecule has 1 unspecified atom stereocenters. The molecule has 4 nitrogen and oxygen atoms in total. The molecule has 2 atom stereocenters. The second-order valence-electron chi connectivity index (χ2n) is 7.60. The molecule has 0 aliphatic carbocycles. The minimum absolute atomic E-state index is 0.133. The van der Waals surface area contributed by atoms with E-state index in [2.05, 4.69) is 11.9 Å². The number of hydrogen-bond donors (Lipinski definition) is 1. The first kappa shape index (κ1) is 17.4. The third-order valence-electron chi connectivity index (χ3n) is 5.82. The van der Waals surface area contributed by atoms with Gasteiger partial charge >= 0.3 is 0 Å². The Labute approximate surface area is 158 Å². The van der Waals surface area contributed by atoms with Gasteiger partial charge in [-0.1, -0.05) is 29.8 Å². The van der Waals surface area contributed by atoms with Crippen LogP contribution in [-0.2, 0) is 24.1 Å². The second kappa shape index (κ2) is 6.63. The van der Waals surface area contributed by atoms with Gasteiger partial charge in [-0.2, -0.15) is 0 Å². The lowest BCUT2D eigenvalue weighted by Crippen LogP contribution is -2.34. The number of nitrogens with two attached hydrogens (primary N) is 1. The van der Waals surface area contributed by atoms with Crippen molar-refractivity contribution >= 4 is 23.0 Å². The van der Waals surface area contributed by atoms with Crippen LogP contribution >= 0.6 is 11.3 Å². The van der Waals surface area contributed by atoms with Gasteiger partial charge in [-0.15, -0.1) is 11.3 Å². The lowest BCUT2D eigenvalue weighted by Gasteiger charge is -2.31. The molecule has 1 saturated heterocycles. The first-order valence-corrected chi connectivity index (χ1v) is 9.99. The molecule has 2 N–H and O–H groups in total. The summed E-state index contributed by atoms with van der Waals surface area (Å²) in [5, 5.41) is 0. The van der Waals surface area contributed by atoms with Gasteiger partial charge in [0, 0.05) is 34.7 Å². The standard InChI is InChI=1S/C21H24N2O2S/c1-12-3-5-13(6-4-12)9-15(24)11-18-20(21(22)25)19-16-8-7-14(23(16)2)10-17(19)26-18/h3-6,14,16H,7-11H2,1-2H3,(H2,22,25)/t14?,16-/m0/s1. The van der Waals surface area contributed by atoms with Crippen LogP contribution in [0.5, 0.6) is 0 Å². The number of benzene rings is 1. The number of rotatable bonds is 5. The van der Waals surface area contributed by atoms with Crippen LogP contribution in [-0.4, -0.2) is 29.7 Å². The van der Waals surface area contributed by atoms with Gasteiger partial charge in [0.25, 0.3) is 0 Å². The third-order valence-corrected chi connectivity index (χ3v) is 7.04. The molecule has 1 aromatic heterocycles. The van der Waals surface area contributed by atoms with E-state index in [9.17, 15) is 9.59 Å². The van der Waals surface area contributed by atoms with Gasteiger partial charge in [0.05, 0.1) is 5.56 Å². The maximum atomic E-state index is 12.6. The minimum Gasteiger partial charge on any atom is -0.366 e. The van der Waals surface area contributed by atoms with E-state index in [1.165, 1.54) is 16.9 Å². The second-order valence-corrected chi connectivity index (χ2v) is 8.79. The lowest BCUT2D eigenvalue weighted by molar-refractivity contribution is -0.117. The monoisotopic (exact) mass is 368 g/mol. The minimum atomic E-state index is -0.389. The number of fused-ring (bicyclic) bond motifs is 4. The Bertz CT molecular complexity index is 869. The molecule has 0 radical (unpaired) electrons. The van der Waals surface area contributed by atoms with Crippen molar-refractivity contribution in [3.8, 4) is 0 Å². The number of nitrogens with zero attached hydrogens (tertiary/aromatic N) is 1. The Kier molecular flexibility index (Phi) is 4.45. The predicted octanol–water partition coefficient (Wildman–Crippen LogP) is 3.20. The van der Waals surface area contributed by atoms with E-state index >= 15 is 0 Å². The Balaban J connectivity index is 1.60. The van der Waals surface area contributed by atoms with Crippen LogP contribution in [0.3, 0.4) is 0 Å². The first-order chi connectivity index (χ1) is 12.4. The zero-order chi connectivity index (χ0) is 18.4. The molecule has 5 heteroatoms. The molecule has 0 saturated carbocycles. The van der Waals surface area contributed by atoms with Crippen molar-refractivity contribution in [2.24, 2.45) is 5.73 Å². The quantitative estimate of drug-likeness (QED) is 0.881. The van der Waals surface area contributed by atoms with E-state index in [0.29, 0.717) is 24.4 Å². The Hall–Kier alpha value is -1.98. The fourth-order valence-corrected chi connectivity index (χ4v) is 5.91. The number of carbonyl (C=O) groups excluding carboxylic acids is 2. The summed E-state index contributed by atoms with van der Waals surface area (Å²) in [6, 6.07) is 8.87. The number of Topliss-reactive ketones (excluding diaryl/α,β-unsaturated/α-hetero) is 1. The largest absolute Gasteiger partial charge is 0.366 e. The third kappa shape index (κ3) is 2.99. The molecule has 26 heavy (non-hydrogen) atoms. The van der Waals surface area contributed by atoms with Crippen molar-refractivity contribution in [2.75, 3.05) is 7.05 Å². The first-order valence-electron chi connectivity index (χ1n) is 9.17. The van der Waals surface area contributed by atoms with Gasteiger partial charge in [0.1, 0.15) is 5.78 Å². The van der Waals surface area contributed by atoms with Crippen LogP contribution < -0.4 is 5.73 Å². The number of carbonyl (C=O) groups is 2. The molecule has 2 aliphatic heterocycles. The molecule has 1 fully saturated rings. The number of ketones is 1. The smallest absolute Gasteiger partial charge is 0.250 e. The van der Waals surface area contributed by atoms with Crippen molar-refractivity contribution in [3.05, 3.63) is 56.3 Å². The Morgan fingerprint density at radius 3 is 2.62 bits per heavy atom. The van der Waals surface area contributed by atoms with Gasteiger partial charge in [-0.3, -0.25) is 14.5 Å². The van der Waals surface area contributed by atoms with Gasteiger partial charge in [-0.25, -0.2) is 0 Å². The molecule has 1 amide bonds. The zero-order valence-corrected chi connectivity index (χ0v) is 16.1. The summed E-state index contributed by atoms with van der Waals surface area (Å²) in [4.78, 5) is 29.3. The predicted molar refractivity (Wildman–Crippen MR) is 104 cm³/mol. The summed E-state index contributed by atoms with van der Waals surface area (Å²) >= 11 is 1.63. The van der Waals surface area contributed by atoms with Crippen molar-refractivity contribution < 1.29 is 9.59 Å². The SMILES string of the molecule is Cc1ccc(CC(=O)Cc2sc3c(c2C(N)=O)[C@@H]2CCC(C3)N2C)cc1. The highest BCUT2D eigenvalue weighted by molar-refractivity contribution is 7.12.